The number of Topliss-reactive ketones (excluding diaryl/α,β-unsaturated/α-hetero) is 1. The molecule has 23 heavy (non-hydrogen) atoms. The first-order valence-electron chi connectivity index (χ1n) is 7.67. The first-order chi connectivity index (χ1) is 11.2. The minimum absolute atomic E-state index is 0.0762. The van der Waals surface area contributed by atoms with E-state index in [9.17, 15) is 4.79 Å². The van der Waals surface area contributed by atoms with Crippen molar-refractivity contribution in [2.24, 2.45) is 0 Å². The van der Waals surface area contributed by atoms with E-state index in [0.717, 1.165) is 33.8 Å². The third-order valence-corrected chi connectivity index (χ3v) is 4.33. The van der Waals surface area contributed by atoms with Crippen LogP contribution in [0.15, 0.2) is 65.9 Å². The molecule has 0 spiro atoms. The fourth-order valence-electron chi connectivity index (χ4n) is 3.37. The van der Waals surface area contributed by atoms with Gasteiger partial charge in [0.1, 0.15) is 0 Å². The Morgan fingerprint density at radius 3 is 2.52 bits per heavy atom. The number of imidazole rings is 1. The quantitative estimate of drug-likeness (QED) is 0.780. The number of carbonyl (C=O) groups is 1. The highest BCUT2D eigenvalue weighted by Crippen LogP contribution is 2.39. The fraction of sp³-hybridized carbons (Fsp3) is 0.158. The average Bonchev–Trinajstić information content (AvgIpc) is 2.91. The molecular formula is C19H17N3O. The van der Waals surface area contributed by atoms with E-state index in [1.165, 1.54) is 0 Å². The Bertz CT molecular complexity index is 938. The van der Waals surface area contributed by atoms with Gasteiger partial charge in [-0.3, -0.25) is 9.36 Å². The Balaban J connectivity index is 2.05. The van der Waals surface area contributed by atoms with E-state index in [4.69, 9.17) is 0 Å². The summed E-state index contributed by atoms with van der Waals surface area (Å²) in [6.07, 6.45) is 0. The first-order valence-corrected chi connectivity index (χ1v) is 7.67. The number of nitrogens with zero attached hydrogens (tertiary/aromatic N) is 2. The molecule has 0 amide bonds. The molecule has 4 heteroatoms. The number of allylic oxidation sites excluding steroid dienone is 2. The van der Waals surface area contributed by atoms with E-state index in [0.29, 0.717) is 0 Å². The molecule has 2 aromatic carbocycles. The maximum Gasteiger partial charge on any atom is 0.209 e. The van der Waals surface area contributed by atoms with Crippen molar-refractivity contribution in [3.63, 3.8) is 0 Å². The van der Waals surface area contributed by atoms with Gasteiger partial charge >= 0.3 is 0 Å². The molecule has 4 nitrogen and oxygen atoms in total. The van der Waals surface area contributed by atoms with Gasteiger partial charge in [0.15, 0.2) is 5.78 Å². The van der Waals surface area contributed by atoms with Crippen LogP contribution in [0.5, 0.6) is 0 Å². The molecule has 1 N–H and O–H groups in total. The summed E-state index contributed by atoms with van der Waals surface area (Å²) in [7, 11) is 0. The molecule has 0 saturated heterocycles. The topological polar surface area (TPSA) is 46.9 Å². The van der Waals surface area contributed by atoms with Gasteiger partial charge in [-0.15, -0.1) is 0 Å². The van der Waals surface area contributed by atoms with Crippen LogP contribution in [0.3, 0.4) is 0 Å². The Morgan fingerprint density at radius 1 is 1.09 bits per heavy atom. The van der Waals surface area contributed by atoms with E-state index in [1.807, 2.05) is 49.4 Å². The summed E-state index contributed by atoms with van der Waals surface area (Å²) in [6.45, 7) is 3.57. The number of hydrogen-bond acceptors (Lipinski definition) is 3. The second kappa shape index (κ2) is 5.09. The fourth-order valence-corrected chi connectivity index (χ4v) is 3.37. The van der Waals surface area contributed by atoms with Crippen molar-refractivity contribution in [1.82, 2.24) is 9.55 Å². The van der Waals surface area contributed by atoms with Crippen molar-refractivity contribution in [2.45, 2.75) is 19.9 Å². The molecule has 1 unspecified atom stereocenters. The Hall–Kier alpha value is -2.88. The van der Waals surface area contributed by atoms with Crippen molar-refractivity contribution in [2.75, 3.05) is 5.32 Å². The summed E-state index contributed by atoms with van der Waals surface area (Å²) in [5, 5.41) is 3.29. The maximum atomic E-state index is 12.3. The molecule has 3 aromatic rings. The van der Waals surface area contributed by atoms with Crippen LogP contribution in [0.1, 0.15) is 25.5 Å². The van der Waals surface area contributed by atoms with Crippen LogP contribution < -0.4 is 5.32 Å². The van der Waals surface area contributed by atoms with E-state index in [1.54, 1.807) is 6.92 Å². The molecule has 1 aromatic heterocycles. The smallest absolute Gasteiger partial charge is 0.209 e. The van der Waals surface area contributed by atoms with Gasteiger partial charge in [-0.2, -0.15) is 0 Å². The van der Waals surface area contributed by atoms with Gasteiger partial charge in [0.25, 0.3) is 0 Å². The lowest BCUT2D eigenvalue weighted by Gasteiger charge is -2.30. The summed E-state index contributed by atoms with van der Waals surface area (Å²) >= 11 is 0. The number of aromatic nitrogens is 2. The molecular weight excluding hydrogens is 286 g/mol. The third kappa shape index (κ3) is 2.06. The summed E-state index contributed by atoms with van der Waals surface area (Å²) in [5.41, 5.74) is 4.69. The minimum atomic E-state index is -0.155. The Kier molecular flexibility index (Phi) is 3.05. The molecule has 1 aliphatic rings. The highest BCUT2D eigenvalue weighted by Gasteiger charge is 2.32. The van der Waals surface area contributed by atoms with Gasteiger partial charge in [-0.1, -0.05) is 42.5 Å². The molecule has 1 aliphatic heterocycles. The SMILES string of the molecule is CC(=O)C1=C(C)Nc2nc3ccccc3n2C1c1ccccc1. The number of ketones is 1. The number of nitrogens with one attached hydrogen (secondary N) is 1. The monoisotopic (exact) mass is 303 g/mol. The summed E-state index contributed by atoms with van der Waals surface area (Å²) in [4.78, 5) is 17.0. The molecule has 0 radical (unpaired) electrons. The highest BCUT2D eigenvalue weighted by molar-refractivity contribution is 5.97. The standard InChI is InChI=1S/C19H17N3O/c1-12-17(13(2)23)18(14-8-4-3-5-9-14)22-16-11-7-6-10-15(16)21-19(22)20-12/h3-11,18H,1-2H3,(H,20,21). The number of rotatable bonds is 2. The van der Waals surface area contributed by atoms with Crippen molar-refractivity contribution in [1.29, 1.82) is 0 Å². The van der Waals surface area contributed by atoms with Crippen LogP contribution in [0.25, 0.3) is 11.0 Å². The first kappa shape index (κ1) is 13.8. The van der Waals surface area contributed by atoms with Gasteiger partial charge in [0, 0.05) is 11.3 Å². The number of para-hydroxylation sites is 2. The van der Waals surface area contributed by atoms with Crippen LogP contribution >= 0.6 is 0 Å². The molecule has 1 atom stereocenters. The second-order valence-electron chi connectivity index (χ2n) is 5.83. The predicted molar refractivity (Wildman–Crippen MR) is 91.3 cm³/mol. The molecule has 0 aliphatic carbocycles. The van der Waals surface area contributed by atoms with Gasteiger partial charge in [-0.25, -0.2) is 4.98 Å². The number of anilines is 1. The van der Waals surface area contributed by atoms with Crippen LogP contribution in [0.2, 0.25) is 0 Å². The molecule has 4 rings (SSSR count). The molecule has 0 bridgehead atoms. The van der Waals surface area contributed by atoms with Crippen LogP contribution in [0, 0.1) is 0 Å². The molecule has 2 heterocycles. The average molecular weight is 303 g/mol. The predicted octanol–water partition coefficient (Wildman–Crippen LogP) is 3.91. The van der Waals surface area contributed by atoms with Crippen molar-refractivity contribution < 1.29 is 4.79 Å². The lowest BCUT2D eigenvalue weighted by atomic mass is 9.93. The van der Waals surface area contributed by atoms with Gasteiger partial charge in [0.05, 0.1) is 17.1 Å². The second-order valence-corrected chi connectivity index (χ2v) is 5.83. The number of fused-ring (bicyclic) bond motifs is 3. The zero-order valence-corrected chi connectivity index (χ0v) is 13.1. The largest absolute Gasteiger partial charge is 0.329 e. The van der Waals surface area contributed by atoms with Crippen LogP contribution in [0.4, 0.5) is 5.95 Å². The highest BCUT2D eigenvalue weighted by atomic mass is 16.1. The number of carbonyl (C=O) groups excluding carboxylic acids is 1. The molecule has 0 fully saturated rings. The van der Waals surface area contributed by atoms with E-state index < -0.39 is 0 Å². The Morgan fingerprint density at radius 2 is 1.78 bits per heavy atom. The van der Waals surface area contributed by atoms with Gasteiger partial charge in [-0.05, 0) is 31.5 Å². The summed E-state index contributed by atoms with van der Waals surface area (Å²) < 4.78 is 2.12. The van der Waals surface area contributed by atoms with E-state index in [2.05, 4.69) is 27.0 Å². The van der Waals surface area contributed by atoms with Crippen molar-refractivity contribution >= 4 is 22.8 Å². The minimum Gasteiger partial charge on any atom is -0.329 e. The zero-order chi connectivity index (χ0) is 16.0. The van der Waals surface area contributed by atoms with Crippen molar-refractivity contribution in [3.8, 4) is 0 Å². The zero-order valence-electron chi connectivity index (χ0n) is 13.1. The van der Waals surface area contributed by atoms with Crippen LogP contribution in [-0.2, 0) is 4.79 Å². The normalized spacial score (nSPS) is 17.0. The van der Waals surface area contributed by atoms with Gasteiger partial charge in [0.2, 0.25) is 5.95 Å². The van der Waals surface area contributed by atoms with Crippen molar-refractivity contribution in [3.05, 3.63) is 71.4 Å². The number of benzene rings is 2. The lowest BCUT2D eigenvalue weighted by molar-refractivity contribution is -0.114. The third-order valence-electron chi connectivity index (χ3n) is 4.33. The van der Waals surface area contributed by atoms with Crippen LogP contribution in [-0.4, -0.2) is 15.3 Å². The van der Waals surface area contributed by atoms with E-state index in [-0.39, 0.29) is 11.8 Å². The molecule has 114 valence electrons. The molecule has 0 saturated carbocycles. The number of hydrogen-bond donors (Lipinski definition) is 1. The summed E-state index contributed by atoms with van der Waals surface area (Å²) in [5.74, 6) is 0.856. The van der Waals surface area contributed by atoms with E-state index >= 15 is 0 Å². The van der Waals surface area contributed by atoms with Gasteiger partial charge < -0.3 is 5.32 Å². The Labute approximate surface area is 134 Å². The lowest BCUT2D eigenvalue weighted by Crippen LogP contribution is -2.26. The maximum absolute atomic E-state index is 12.3. The summed E-state index contributed by atoms with van der Waals surface area (Å²) in [6, 6.07) is 18.0.